The van der Waals surface area contributed by atoms with E-state index in [2.05, 4.69) is 57.6 Å². The molecular formula is C18H22BrN. The lowest BCUT2D eigenvalue weighted by atomic mass is 9.87. The summed E-state index contributed by atoms with van der Waals surface area (Å²) >= 11 is 3.63. The fourth-order valence-electron chi connectivity index (χ4n) is 3.30. The Balaban J connectivity index is 1.67. The lowest BCUT2D eigenvalue weighted by Gasteiger charge is -2.22. The molecule has 2 aromatic rings. The molecule has 1 nitrogen and oxygen atoms in total. The molecule has 0 spiro atoms. The number of hydrogen-bond donors (Lipinski definition) is 1. The second kappa shape index (κ2) is 6.62. The summed E-state index contributed by atoms with van der Waals surface area (Å²) < 4.78 is 1.17. The van der Waals surface area contributed by atoms with Gasteiger partial charge in [0.05, 0.1) is 0 Å². The van der Waals surface area contributed by atoms with E-state index in [1.165, 1.54) is 59.5 Å². The van der Waals surface area contributed by atoms with E-state index < -0.39 is 0 Å². The van der Waals surface area contributed by atoms with Gasteiger partial charge in [0.15, 0.2) is 0 Å². The number of hydrogen-bond acceptors (Lipinski definition) is 1. The molecule has 0 bridgehead atoms. The van der Waals surface area contributed by atoms with Crippen molar-refractivity contribution in [3.8, 4) is 0 Å². The fourth-order valence-corrected chi connectivity index (χ4v) is 3.78. The molecule has 0 aromatic heterocycles. The van der Waals surface area contributed by atoms with Crippen LogP contribution in [0, 0.1) is 5.92 Å². The number of benzene rings is 2. The topological polar surface area (TPSA) is 12.0 Å². The molecule has 0 atom stereocenters. The van der Waals surface area contributed by atoms with Crippen molar-refractivity contribution in [2.24, 2.45) is 5.92 Å². The van der Waals surface area contributed by atoms with Crippen LogP contribution in [0.3, 0.4) is 0 Å². The Bertz CT molecular complexity index is 573. The molecule has 1 N–H and O–H groups in total. The molecule has 0 aliphatic heterocycles. The van der Waals surface area contributed by atoms with Crippen molar-refractivity contribution in [3.05, 3.63) is 40.9 Å². The van der Waals surface area contributed by atoms with Crippen molar-refractivity contribution < 1.29 is 0 Å². The largest absolute Gasteiger partial charge is 0.385 e. The zero-order valence-corrected chi connectivity index (χ0v) is 13.5. The first-order valence-corrected chi connectivity index (χ1v) is 8.55. The first-order chi connectivity index (χ1) is 9.84. The highest BCUT2D eigenvalue weighted by Crippen LogP contribution is 2.31. The van der Waals surface area contributed by atoms with Crippen LogP contribution in [0.4, 0.5) is 5.69 Å². The second-order valence-corrected chi connectivity index (χ2v) is 6.71. The summed E-state index contributed by atoms with van der Waals surface area (Å²) in [6.45, 7) is 1.09. The highest BCUT2D eigenvalue weighted by molar-refractivity contribution is 9.10. The van der Waals surface area contributed by atoms with Crippen molar-refractivity contribution in [2.75, 3.05) is 11.9 Å². The molecule has 0 saturated heterocycles. The highest BCUT2D eigenvalue weighted by atomic mass is 79.9. The maximum Gasteiger partial charge on any atom is 0.0420 e. The lowest BCUT2D eigenvalue weighted by Crippen LogP contribution is -2.12. The Morgan fingerprint density at radius 1 is 0.950 bits per heavy atom. The number of halogens is 1. The summed E-state index contributed by atoms with van der Waals surface area (Å²) in [4.78, 5) is 0. The summed E-state index contributed by atoms with van der Waals surface area (Å²) in [5, 5.41) is 6.24. The first-order valence-electron chi connectivity index (χ1n) is 7.76. The average Bonchev–Trinajstić information content (AvgIpc) is 2.51. The molecule has 1 aliphatic carbocycles. The monoisotopic (exact) mass is 331 g/mol. The average molecular weight is 332 g/mol. The number of nitrogens with one attached hydrogen (secondary N) is 1. The second-order valence-electron chi connectivity index (χ2n) is 5.86. The maximum absolute atomic E-state index is 3.64. The summed E-state index contributed by atoms with van der Waals surface area (Å²) in [6, 6.07) is 12.9. The van der Waals surface area contributed by atoms with Crippen molar-refractivity contribution in [1.82, 2.24) is 0 Å². The van der Waals surface area contributed by atoms with Gasteiger partial charge in [-0.15, -0.1) is 0 Å². The van der Waals surface area contributed by atoms with Crippen LogP contribution in [0.15, 0.2) is 40.9 Å². The smallest absolute Gasteiger partial charge is 0.0420 e. The van der Waals surface area contributed by atoms with Crippen molar-refractivity contribution >= 4 is 32.4 Å². The third-order valence-corrected chi connectivity index (χ3v) is 5.16. The van der Waals surface area contributed by atoms with Crippen LogP contribution in [0.2, 0.25) is 0 Å². The molecule has 1 fully saturated rings. The highest BCUT2D eigenvalue weighted by Gasteiger charge is 2.12. The molecule has 0 amide bonds. The molecule has 106 valence electrons. The van der Waals surface area contributed by atoms with Gasteiger partial charge in [0.25, 0.3) is 0 Å². The molecule has 20 heavy (non-hydrogen) atoms. The third-order valence-electron chi connectivity index (χ3n) is 4.46. The van der Waals surface area contributed by atoms with Crippen LogP contribution in [-0.2, 0) is 0 Å². The molecule has 0 unspecified atom stereocenters. The molecule has 1 saturated carbocycles. The summed E-state index contributed by atoms with van der Waals surface area (Å²) in [6.07, 6.45) is 8.50. The van der Waals surface area contributed by atoms with Crippen LogP contribution < -0.4 is 5.32 Å². The Morgan fingerprint density at radius 2 is 1.70 bits per heavy atom. The van der Waals surface area contributed by atoms with E-state index in [0.29, 0.717) is 0 Å². The van der Waals surface area contributed by atoms with Crippen molar-refractivity contribution in [1.29, 1.82) is 0 Å². The van der Waals surface area contributed by atoms with Gasteiger partial charge in [-0.05, 0) is 29.9 Å². The normalized spacial score (nSPS) is 16.4. The van der Waals surface area contributed by atoms with E-state index in [-0.39, 0.29) is 0 Å². The predicted octanol–water partition coefficient (Wildman–Crippen LogP) is 5.98. The molecule has 3 rings (SSSR count). The van der Waals surface area contributed by atoms with Crippen LogP contribution in [0.1, 0.15) is 38.5 Å². The van der Waals surface area contributed by atoms with Gasteiger partial charge in [0.1, 0.15) is 0 Å². The Labute approximate surface area is 129 Å². The minimum atomic E-state index is 0.943. The van der Waals surface area contributed by atoms with E-state index in [0.717, 1.165) is 12.5 Å². The molecule has 0 radical (unpaired) electrons. The van der Waals surface area contributed by atoms with Crippen LogP contribution >= 0.6 is 15.9 Å². The number of anilines is 1. The van der Waals surface area contributed by atoms with E-state index in [4.69, 9.17) is 0 Å². The van der Waals surface area contributed by atoms with Crippen molar-refractivity contribution in [3.63, 3.8) is 0 Å². The van der Waals surface area contributed by atoms with Crippen molar-refractivity contribution in [2.45, 2.75) is 38.5 Å². The minimum Gasteiger partial charge on any atom is -0.385 e. The molecule has 2 heteroatoms. The van der Waals surface area contributed by atoms with Gasteiger partial charge in [0.2, 0.25) is 0 Å². The zero-order valence-electron chi connectivity index (χ0n) is 11.9. The van der Waals surface area contributed by atoms with Gasteiger partial charge >= 0.3 is 0 Å². The van der Waals surface area contributed by atoms with E-state index in [1.807, 2.05) is 0 Å². The standard InChI is InChI=1S/C18H22BrN/c19-17-10-11-18(16-9-5-4-8-15(16)17)20-13-12-14-6-2-1-3-7-14/h4-5,8-11,14,20H,1-3,6-7,12-13H2. The molecule has 1 aliphatic rings. The maximum atomic E-state index is 3.64. The SMILES string of the molecule is Brc1ccc(NCCC2CCCCC2)c2ccccc12. The Hall–Kier alpha value is -1.02. The van der Waals surface area contributed by atoms with E-state index >= 15 is 0 Å². The number of fused-ring (bicyclic) bond motifs is 1. The van der Waals surface area contributed by atoms with Gasteiger partial charge in [-0.2, -0.15) is 0 Å². The summed E-state index contributed by atoms with van der Waals surface area (Å²) in [5.41, 5.74) is 1.26. The van der Waals surface area contributed by atoms with Gasteiger partial charge in [0, 0.05) is 22.1 Å². The van der Waals surface area contributed by atoms with Crippen LogP contribution in [-0.4, -0.2) is 6.54 Å². The number of rotatable bonds is 4. The van der Waals surface area contributed by atoms with E-state index in [9.17, 15) is 0 Å². The van der Waals surface area contributed by atoms with E-state index in [1.54, 1.807) is 0 Å². The van der Waals surface area contributed by atoms with Gasteiger partial charge in [-0.3, -0.25) is 0 Å². The molecule has 0 heterocycles. The van der Waals surface area contributed by atoms with Gasteiger partial charge in [-0.25, -0.2) is 0 Å². The Morgan fingerprint density at radius 3 is 2.50 bits per heavy atom. The van der Waals surface area contributed by atoms with Gasteiger partial charge in [-0.1, -0.05) is 72.3 Å². The first kappa shape index (κ1) is 13.9. The molecule has 2 aromatic carbocycles. The minimum absolute atomic E-state index is 0.943. The third kappa shape index (κ3) is 3.17. The van der Waals surface area contributed by atoms with Crippen LogP contribution in [0.5, 0.6) is 0 Å². The fraction of sp³-hybridized carbons (Fsp3) is 0.444. The summed E-state index contributed by atoms with van der Waals surface area (Å²) in [7, 11) is 0. The predicted molar refractivity (Wildman–Crippen MR) is 91.3 cm³/mol. The van der Waals surface area contributed by atoms with Gasteiger partial charge < -0.3 is 5.32 Å². The lowest BCUT2D eigenvalue weighted by molar-refractivity contribution is 0.345. The quantitative estimate of drug-likeness (QED) is 0.726. The Kier molecular flexibility index (Phi) is 4.62. The summed E-state index contributed by atoms with van der Waals surface area (Å²) in [5.74, 6) is 0.943. The zero-order chi connectivity index (χ0) is 13.8. The molecular weight excluding hydrogens is 310 g/mol. The van der Waals surface area contributed by atoms with Crippen LogP contribution in [0.25, 0.3) is 10.8 Å².